The summed E-state index contributed by atoms with van der Waals surface area (Å²) >= 11 is 0. The minimum Gasteiger partial charge on any atom is -0.481 e. The van der Waals surface area contributed by atoms with E-state index in [2.05, 4.69) is 12.2 Å². The first-order chi connectivity index (χ1) is 14.1. The number of anilines is 1. The standard InChI is InChI=1S/C25H42FNO2/c1-2-3-4-5-6-7-8-9-10-11-12-13-14-15-20-27-24-18-16-22(21-23(24)26)17-19-25(28)29/h16,18,21,27H,2-15,17,19-20H2,1H3,(H,28,29). The van der Waals surface area contributed by atoms with Crippen LogP contribution in [0.3, 0.4) is 0 Å². The number of aliphatic carboxylic acids is 1. The summed E-state index contributed by atoms with van der Waals surface area (Å²) in [7, 11) is 0. The van der Waals surface area contributed by atoms with E-state index in [4.69, 9.17) is 5.11 Å². The summed E-state index contributed by atoms with van der Waals surface area (Å²) in [6, 6.07) is 4.96. The Morgan fingerprint density at radius 1 is 0.862 bits per heavy atom. The number of rotatable bonds is 19. The summed E-state index contributed by atoms with van der Waals surface area (Å²) in [4.78, 5) is 10.6. The molecule has 166 valence electrons. The van der Waals surface area contributed by atoms with Crippen molar-refractivity contribution >= 4 is 11.7 Å². The molecule has 0 aromatic heterocycles. The fraction of sp³-hybridized carbons (Fsp3) is 0.720. The molecule has 1 aromatic carbocycles. The highest BCUT2D eigenvalue weighted by Gasteiger charge is 2.05. The van der Waals surface area contributed by atoms with Gasteiger partial charge in [-0.05, 0) is 30.5 Å². The zero-order valence-corrected chi connectivity index (χ0v) is 18.5. The van der Waals surface area contributed by atoms with E-state index in [1.165, 1.54) is 89.5 Å². The predicted octanol–water partition coefficient (Wildman–Crippen LogP) is 7.74. The second-order valence-corrected chi connectivity index (χ2v) is 8.23. The second kappa shape index (κ2) is 17.3. The van der Waals surface area contributed by atoms with Crippen LogP contribution in [0.1, 0.15) is 109 Å². The monoisotopic (exact) mass is 407 g/mol. The third-order valence-electron chi connectivity index (χ3n) is 5.51. The van der Waals surface area contributed by atoms with Crippen LogP contribution in [-0.4, -0.2) is 17.6 Å². The van der Waals surface area contributed by atoms with Crippen LogP contribution in [0.5, 0.6) is 0 Å². The number of halogens is 1. The van der Waals surface area contributed by atoms with E-state index >= 15 is 0 Å². The molecule has 1 aromatic rings. The molecule has 2 N–H and O–H groups in total. The van der Waals surface area contributed by atoms with Gasteiger partial charge >= 0.3 is 5.97 Å². The van der Waals surface area contributed by atoms with Gasteiger partial charge in [0.05, 0.1) is 5.69 Å². The van der Waals surface area contributed by atoms with Crippen molar-refractivity contribution in [2.45, 2.75) is 110 Å². The number of carbonyl (C=O) groups is 1. The van der Waals surface area contributed by atoms with Crippen LogP contribution in [-0.2, 0) is 11.2 Å². The molecule has 0 radical (unpaired) electrons. The average molecular weight is 408 g/mol. The van der Waals surface area contributed by atoms with E-state index in [0.717, 1.165) is 18.5 Å². The summed E-state index contributed by atoms with van der Waals surface area (Å²) < 4.78 is 14.0. The Labute approximate surface area is 177 Å². The normalized spacial score (nSPS) is 11.0. The summed E-state index contributed by atoms with van der Waals surface area (Å²) in [5.74, 6) is -1.15. The summed E-state index contributed by atoms with van der Waals surface area (Å²) in [5.41, 5.74) is 1.24. The maximum Gasteiger partial charge on any atom is 0.303 e. The zero-order valence-electron chi connectivity index (χ0n) is 18.5. The predicted molar refractivity (Wildman–Crippen MR) is 121 cm³/mol. The van der Waals surface area contributed by atoms with Gasteiger partial charge in [-0.1, -0.05) is 96.5 Å². The lowest BCUT2D eigenvalue weighted by atomic mass is 10.0. The molecular weight excluding hydrogens is 365 g/mol. The second-order valence-electron chi connectivity index (χ2n) is 8.23. The van der Waals surface area contributed by atoms with E-state index in [1.807, 2.05) is 0 Å². The lowest BCUT2D eigenvalue weighted by Gasteiger charge is -2.09. The van der Waals surface area contributed by atoms with Gasteiger partial charge in [0.25, 0.3) is 0 Å². The van der Waals surface area contributed by atoms with Crippen LogP contribution in [0, 0.1) is 5.82 Å². The van der Waals surface area contributed by atoms with Gasteiger partial charge < -0.3 is 10.4 Å². The highest BCUT2D eigenvalue weighted by molar-refractivity contribution is 5.67. The first-order valence-corrected chi connectivity index (χ1v) is 11.9. The lowest BCUT2D eigenvalue weighted by molar-refractivity contribution is -0.136. The van der Waals surface area contributed by atoms with Gasteiger partial charge in [0, 0.05) is 13.0 Å². The highest BCUT2D eigenvalue weighted by atomic mass is 19.1. The van der Waals surface area contributed by atoms with Crippen LogP contribution >= 0.6 is 0 Å². The van der Waals surface area contributed by atoms with Crippen molar-refractivity contribution in [2.75, 3.05) is 11.9 Å². The Balaban J connectivity index is 1.93. The number of carboxylic acids is 1. The van der Waals surface area contributed by atoms with Crippen molar-refractivity contribution in [3.63, 3.8) is 0 Å². The van der Waals surface area contributed by atoms with Crippen LogP contribution in [0.25, 0.3) is 0 Å². The van der Waals surface area contributed by atoms with E-state index in [9.17, 15) is 9.18 Å². The molecule has 0 unspecified atom stereocenters. The quantitative estimate of drug-likeness (QED) is 0.231. The molecule has 0 saturated carbocycles. The summed E-state index contributed by atoms with van der Waals surface area (Å²) in [5, 5.41) is 11.9. The van der Waals surface area contributed by atoms with Gasteiger partial charge in [-0.3, -0.25) is 4.79 Å². The third kappa shape index (κ3) is 14.1. The maximum atomic E-state index is 14.0. The Hall–Kier alpha value is -1.58. The number of unbranched alkanes of at least 4 members (excludes halogenated alkanes) is 13. The van der Waals surface area contributed by atoms with Gasteiger partial charge in [-0.15, -0.1) is 0 Å². The fourth-order valence-electron chi connectivity index (χ4n) is 3.65. The topological polar surface area (TPSA) is 49.3 Å². The van der Waals surface area contributed by atoms with Gasteiger partial charge in [-0.2, -0.15) is 0 Å². The molecule has 29 heavy (non-hydrogen) atoms. The zero-order chi connectivity index (χ0) is 21.2. The molecule has 0 aliphatic heterocycles. The number of aryl methyl sites for hydroxylation is 1. The largest absolute Gasteiger partial charge is 0.481 e. The van der Waals surface area contributed by atoms with Crippen molar-refractivity contribution in [3.8, 4) is 0 Å². The van der Waals surface area contributed by atoms with Crippen LogP contribution < -0.4 is 5.32 Å². The molecular formula is C25H42FNO2. The van der Waals surface area contributed by atoms with Gasteiger partial charge in [0.15, 0.2) is 0 Å². The Morgan fingerprint density at radius 2 is 1.38 bits per heavy atom. The molecule has 0 spiro atoms. The van der Waals surface area contributed by atoms with Crippen LogP contribution in [0.15, 0.2) is 18.2 Å². The number of hydrogen-bond donors (Lipinski definition) is 2. The van der Waals surface area contributed by atoms with Crippen molar-refractivity contribution in [2.24, 2.45) is 0 Å². The van der Waals surface area contributed by atoms with E-state index in [1.54, 1.807) is 12.1 Å². The molecule has 1 rings (SSSR count). The minimum atomic E-state index is -0.856. The maximum absolute atomic E-state index is 14.0. The number of hydrogen-bond acceptors (Lipinski definition) is 2. The van der Waals surface area contributed by atoms with E-state index < -0.39 is 5.97 Å². The Morgan fingerprint density at radius 3 is 1.86 bits per heavy atom. The van der Waals surface area contributed by atoms with Crippen LogP contribution in [0.2, 0.25) is 0 Å². The first kappa shape index (κ1) is 25.5. The molecule has 0 amide bonds. The Bertz CT molecular complexity index is 548. The van der Waals surface area contributed by atoms with Crippen LogP contribution in [0.4, 0.5) is 10.1 Å². The Kier molecular flexibility index (Phi) is 15.2. The highest BCUT2D eigenvalue weighted by Crippen LogP contribution is 2.17. The molecule has 0 bridgehead atoms. The molecule has 0 atom stereocenters. The molecule has 0 heterocycles. The smallest absolute Gasteiger partial charge is 0.303 e. The molecule has 4 heteroatoms. The first-order valence-electron chi connectivity index (χ1n) is 11.9. The molecule has 0 saturated heterocycles. The summed E-state index contributed by atoms with van der Waals surface area (Å²) in [6.45, 7) is 3.05. The molecule has 0 aliphatic carbocycles. The average Bonchev–Trinajstić information content (AvgIpc) is 2.70. The fourth-order valence-corrected chi connectivity index (χ4v) is 3.65. The third-order valence-corrected chi connectivity index (χ3v) is 5.51. The minimum absolute atomic E-state index is 0.0330. The van der Waals surface area contributed by atoms with Crippen molar-refractivity contribution < 1.29 is 14.3 Å². The number of carboxylic acid groups (broad SMARTS) is 1. The van der Waals surface area contributed by atoms with E-state index in [-0.39, 0.29) is 12.2 Å². The van der Waals surface area contributed by atoms with Crippen molar-refractivity contribution in [3.05, 3.63) is 29.6 Å². The van der Waals surface area contributed by atoms with Crippen molar-refractivity contribution in [1.82, 2.24) is 0 Å². The number of nitrogens with one attached hydrogen (secondary N) is 1. The number of benzene rings is 1. The molecule has 3 nitrogen and oxygen atoms in total. The van der Waals surface area contributed by atoms with Gasteiger partial charge in [-0.25, -0.2) is 4.39 Å². The lowest BCUT2D eigenvalue weighted by Crippen LogP contribution is -2.04. The molecule has 0 fully saturated rings. The molecule has 0 aliphatic rings. The summed E-state index contributed by atoms with van der Waals surface area (Å²) in [6.07, 6.45) is 19.1. The van der Waals surface area contributed by atoms with Gasteiger partial charge in [0.2, 0.25) is 0 Å². The SMILES string of the molecule is CCCCCCCCCCCCCCCCNc1ccc(CCC(=O)O)cc1F. The van der Waals surface area contributed by atoms with E-state index in [0.29, 0.717) is 12.1 Å². The van der Waals surface area contributed by atoms with Gasteiger partial charge in [0.1, 0.15) is 5.82 Å². The van der Waals surface area contributed by atoms with Crippen molar-refractivity contribution in [1.29, 1.82) is 0 Å².